The van der Waals surface area contributed by atoms with Gasteiger partial charge in [-0.05, 0) is 80.8 Å². The smallest absolute Gasteiger partial charge is 0.225 e. The SMILES string of the molecule is CCCCO[C@@H]1[C@@H](OCCCC)[C@@]2(c3ccc(Cl)c(Cc4ccc(OCC)cc4)c3)OC[C@](C3(O)CC3)(O2)[C@H]1OCCCC. The van der Waals surface area contributed by atoms with E-state index in [4.69, 9.17) is 40.0 Å². The number of unbranched alkanes of at least 4 members (excludes halogenated alkanes) is 3. The number of hydrogen-bond donors (Lipinski definition) is 1. The van der Waals surface area contributed by atoms with E-state index in [9.17, 15) is 5.11 Å². The molecule has 244 valence electrons. The Morgan fingerprint density at radius 2 is 1.48 bits per heavy atom. The molecule has 8 heteroatoms. The van der Waals surface area contributed by atoms with Crippen molar-refractivity contribution in [3.63, 3.8) is 0 Å². The van der Waals surface area contributed by atoms with Crippen molar-refractivity contribution < 1.29 is 33.5 Å². The summed E-state index contributed by atoms with van der Waals surface area (Å²) in [6.45, 7) is 10.9. The lowest BCUT2D eigenvalue weighted by molar-refractivity contribution is -0.359. The van der Waals surface area contributed by atoms with Crippen LogP contribution >= 0.6 is 11.6 Å². The summed E-state index contributed by atoms with van der Waals surface area (Å²) in [7, 11) is 0. The molecule has 2 aromatic carbocycles. The average molecular weight is 631 g/mol. The van der Waals surface area contributed by atoms with E-state index < -0.39 is 35.3 Å². The van der Waals surface area contributed by atoms with Crippen LogP contribution in [0.2, 0.25) is 5.02 Å². The van der Waals surface area contributed by atoms with Crippen molar-refractivity contribution in [3.05, 3.63) is 64.2 Å². The minimum Gasteiger partial charge on any atom is -0.494 e. The highest BCUT2D eigenvalue weighted by Crippen LogP contribution is 2.61. The normalized spacial score (nSPS) is 28.7. The first-order valence-electron chi connectivity index (χ1n) is 16.8. The van der Waals surface area contributed by atoms with E-state index in [1.807, 2.05) is 31.2 Å². The molecular weight excluding hydrogens is 580 g/mol. The molecule has 2 aliphatic heterocycles. The lowest BCUT2D eigenvalue weighted by Gasteiger charge is -2.52. The van der Waals surface area contributed by atoms with Crippen molar-refractivity contribution >= 4 is 11.6 Å². The van der Waals surface area contributed by atoms with Crippen molar-refractivity contribution in [2.45, 2.75) is 121 Å². The largest absolute Gasteiger partial charge is 0.494 e. The molecule has 2 saturated heterocycles. The van der Waals surface area contributed by atoms with E-state index >= 15 is 0 Å². The second-order valence-corrected chi connectivity index (χ2v) is 12.9. The maximum Gasteiger partial charge on any atom is 0.225 e. The summed E-state index contributed by atoms with van der Waals surface area (Å²) in [6.07, 6.45) is 6.01. The third-order valence-electron chi connectivity index (χ3n) is 9.25. The molecule has 0 unspecified atom stereocenters. The number of rotatable bonds is 18. The molecule has 2 heterocycles. The van der Waals surface area contributed by atoms with Crippen molar-refractivity contribution in [2.24, 2.45) is 0 Å². The van der Waals surface area contributed by atoms with Gasteiger partial charge >= 0.3 is 0 Å². The van der Waals surface area contributed by atoms with Gasteiger partial charge in [0.25, 0.3) is 0 Å². The van der Waals surface area contributed by atoms with Gasteiger partial charge in [-0.2, -0.15) is 0 Å². The van der Waals surface area contributed by atoms with Gasteiger partial charge in [-0.3, -0.25) is 0 Å². The number of halogens is 1. The summed E-state index contributed by atoms with van der Waals surface area (Å²) in [5.41, 5.74) is 0.756. The number of fused-ring (bicyclic) bond motifs is 2. The summed E-state index contributed by atoms with van der Waals surface area (Å²) in [4.78, 5) is 0. The molecule has 5 atom stereocenters. The van der Waals surface area contributed by atoms with E-state index in [0.717, 1.165) is 61.0 Å². The Morgan fingerprint density at radius 3 is 2.09 bits per heavy atom. The fraction of sp³-hybridized carbons (Fsp3) is 0.667. The first kappa shape index (κ1) is 33.6. The van der Waals surface area contributed by atoms with Gasteiger partial charge in [-0.15, -0.1) is 0 Å². The highest BCUT2D eigenvalue weighted by molar-refractivity contribution is 6.31. The topological polar surface area (TPSA) is 75.6 Å². The number of hydrogen-bond acceptors (Lipinski definition) is 7. The molecule has 7 nitrogen and oxygen atoms in total. The Kier molecular flexibility index (Phi) is 11.3. The Hall–Kier alpha value is -1.71. The Balaban J connectivity index is 1.55. The number of benzene rings is 2. The van der Waals surface area contributed by atoms with E-state index in [-0.39, 0.29) is 6.61 Å². The van der Waals surface area contributed by atoms with Gasteiger partial charge in [0.2, 0.25) is 5.79 Å². The lowest BCUT2D eigenvalue weighted by atomic mass is 9.78. The number of aliphatic hydroxyl groups is 1. The zero-order chi connectivity index (χ0) is 31.2. The Bertz CT molecular complexity index is 1200. The van der Waals surface area contributed by atoms with Crippen LogP contribution in [0.25, 0.3) is 0 Å². The second kappa shape index (κ2) is 14.8. The van der Waals surface area contributed by atoms with E-state index in [1.54, 1.807) is 0 Å². The maximum atomic E-state index is 11.9. The molecule has 0 radical (unpaired) electrons. The minimum atomic E-state index is -1.29. The quantitative estimate of drug-likeness (QED) is 0.172. The van der Waals surface area contributed by atoms with Crippen LogP contribution < -0.4 is 4.74 Å². The highest BCUT2D eigenvalue weighted by atomic mass is 35.5. The summed E-state index contributed by atoms with van der Waals surface area (Å²) >= 11 is 6.80. The van der Waals surface area contributed by atoms with Crippen molar-refractivity contribution in [1.82, 2.24) is 0 Å². The van der Waals surface area contributed by atoms with Gasteiger partial charge in [0.1, 0.15) is 24.1 Å². The van der Waals surface area contributed by atoms with Crippen LogP contribution in [0, 0.1) is 0 Å². The molecule has 3 fully saturated rings. The molecule has 0 amide bonds. The molecular formula is C36H51ClO7. The third-order valence-corrected chi connectivity index (χ3v) is 9.62. The minimum absolute atomic E-state index is 0.193. The first-order chi connectivity index (χ1) is 21.4. The molecule has 0 aromatic heterocycles. The zero-order valence-corrected chi connectivity index (χ0v) is 27.7. The summed E-state index contributed by atoms with van der Waals surface area (Å²) in [6, 6.07) is 14.1. The zero-order valence-electron chi connectivity index (χ0n) is 26.9. The van der Waals surface area contributed by atoms with Gasteiger partial charge < -0.3 is 33.5 Å². The molecule has 0 spiro atoms. The van der Waals surface area contributed by atoms with Crippen LogP contribution in [0.5, 0.6) is 5.75 Å². The maximum absolute atomic E-state index is 11.9. The summed E-state index contributed by atoms with van der Waals surface area (Å²) in [5, 5.41) is 12.5. The lowest BCUT2D eigenvalue weighted by Crippen LogP contribution is -2.70. The third kappa shape index (κ3) is 6.71. The van der Waals surface area contributed by atoms with Crippen LogP contribution in [-0.4, -0.2) is 67.7 Å². The van der Waals surface area contributed by atoms with Crippen LogP contribution in [-0.2, 0) is 35.9 Å². The van der Waals surface area contributed by atoms with E-state index in [0.29, 0.717) is 50.7 Å². The van der Waals surface area contributed by atoms with Gasteiger partial charge in [-0.1, -0.05) is 69.8 Å². The van der Waals surface area contributed by atoms with Crippen molar-refractivity contribution in [3.8, 4) is 5.75 Å². The van der Waals surface area contributed by atoms with Gasteiger partial charge in [0.05, 0.1) is 18.8 Å². The Labute approximate surface area is 268 Å². The fourth-order valence-corrected chi connectivity index (χ4v) is 6.69. The van der Waals surface area contributed by atoms with Crippen LogP contribution in [0.1, 0.15) is 95.8 Å². The fourth-order valence-electron chi connectivity index (χ4n) is 6.51. The Morgan fingerprint density at radius 1 is 0.841 bits per heavy atom. The van der Waals surface area contributed by atoms with Gasteiger partial charge in [0, 0.05) is 30.4 Å². The molecule has 1 saturated carbocycles. The molecule has 44 heavy (non-hydrogen) atoms. The standard InChI is InChI=1S/C36H51ClO7/c1-5-9-20-40-31-32(41-21-10-6-2)35(34(38)18-19-34)25-43-36(44-35,33(31)42-22-11-7-3)28-14-17-30(37)27(24-28)23-26-12-15-29(16-13-26)39-8-4/h12-17,24,31-33,38H,5-11,18-23,25H2,1-4H3/t31-,32-,33+,35-,36-/m0/s1. The molecule has 1 N–H and O–H groups in total. The molecule has 5 rings (SSSR count). The predicted octanol–water partition coefficient (Wildman–Crippen LogP) is 7.36. The predicted molar refractivity (Wildman–Crippen MR) is 171 cm³/mol. The summed E-state index contributed by atoms with van der Waals surface area (Å²) < 4.78 is 39.6. The van der Waals surface area contributed by atoms with E-state index in [1.165, 1.54) is 0 Å². The van der Waals surface area contributed by atoms with Crippen molar-refractivity contribution in [1.29, 1.82) is 0 Å². The molecule has 3 aliphatic rings. The number of ether oxygens (including phenoxy) is 6. The molecule has 2 bridgehead atoms. The molecule has 2 aromatic rings. The van der Waals surface area contributed by atoms with Crippen LogP contribution in [0.15, 0.2) is 42.5 Å². The van der Waals surface area contributed by atoms with Crippen LogP contribution in [0.4, 0.5) is 0 Å². The summed E-state index contributed by atoms with van der Waals surface area (Å²) in [5.74, 6) is -0.442. The second-order valence-electron chi connectivity index (χ2n) is 12.5. The monoisotopic (exact) mass is 630 g/mol. The van der Waals surface area contributed by atoms with Gasteiger partial charge in [0.15, 0.2) is 5.60 Å². The first-order valence-corrected chi connectivity index (χ1v) is 17.2. The van der Waals surface area contributed by atoms with E-state index in [2.05, 4.69) is 39.0 Å². The average Bonchev–Trinajstić information content (AvgIpc) is 3.68. The molecule has 1 aliphatic carbocycles. The van der Waals surface area contributed by atoms with Crippen LogP contribution in [0.3, 0.4) is 0 Å². The van der Waals surface area contributed by atoms with Crippen molar-refractivity contribution in [2.75, 3.05) is 33.0 Å². The highest BCUT2D eigenvalue weighted by Gasteiger charge is 2.77. The van der Waals surface area contributed by atoms with Gasteiger partial charge in [-0.25, -0.2) is 0 Å².